The third-order valence-electron chi connectivity index (χ3n) is 6.46. The molecule has 2 amide bonds. The highest BCUT2D eigenvalue weighted by Gasteiger charge is 2.26. The monoisotopic (exact) mass is 485 g/mol. The van der Waals surface area contributed by atoms with Gasteiger partial charge in [-0.3, -0.25) is 9.59 Å². The molecule has 36 heavy (non-hydrogen) atoms. The summed E-state index contributed by atoms with van der Waals surface area (Å²) in [5.41, 5.74) is 3.28. The predicted octanol–water partition coefficient (Wildman–Crippen LogP) is 3.75. The predicted molar refractivity (Wildman–Crippen MR) is 142 cm³/mol. The van der Waals surface area contributed by atoms with Crippen LogP contribution in [0.4, 0.5) is 0 Å². The van der Waals surface area contributed by atoms with Gasteiger partial charge < -0.3 is 20.3 Å². The van der Waals surface area contributed by atoms with Crippen molar-refractivity contribution in [2.45, 2.75) is 44.9 Å². The summed E-state index contributed by atoms with van der Waals surface area (Å²) in [4.78, 5) is 27.1. The third kappa shape index (κ3) is 7.43. The Morgan fingerprint density at radius 3 is 2.36 bits per heavy atom. The van der Waals surface area contributed by atoms with Crippen molar-refractivity contribution >= 4 is 11.8 Å². The number of nitrogens with one attached hydrogen (secondary N) is 2. The molecule has 3 aromatic rings. The van der Waals surface area contributed by atoms with E-state index in [-0.39, 0.29) is 17.9 Å². The number of nitrogens with zero attached hydrogens (tertiary/aromatic N) is 1. The number of para-hydroxylation sites is 1. The minimum Gasteiger partial charge on any atom is -0.470 e. The van der Waals surface area contributed by atoms with E-state index in [1.54, 1.807) is 0 Å². The number of ether oxygens (including phenoxy) is 1. The number of hydrogen-bond donors (Lipinski definition) is 2. The molecule has 0 radical (unpaired) electrons. The Balaban J connectivity index is 1.40. The van der Waals surface area contributed by atoms with Crippen molar-refractivity contribution in [2.24, 2.45) is 0 Å². The molecule has 2 unspecified atom stereocenters. The van der Waals surface area contributed by atoms with Crippen molar-refractivity contribution in [3.05, 3.63) is 102 Å². The number of amides is 2. The van der Waals surface area contributed by atoms with Gasteiger partial charge >= 0.3 is 0 Å². The normalized spacial score (nSPS) is 16.2. The van der Waals surface area contributed by atoms with E-state index in [9.17, 15) is 9.59 Å². The molecule has 1 aliphatic heterocycles. The summed E-state index contributed by atoms with van der Waals surface area (Å²) >= 11 is 0. The molecule has 2 N–H and O–H groups in total. The molecular weight excluding hydrogens is 450 g/mol. The smallest absolute Gasteiger partial charge is 0.223 e. The first-order chi connectivity index (χ1) is 17.6. The summed E-state index contributed by atoms with van der Waals surface area (Å²) in [6.07, 6.45) is 1.89. The summed E-state index contributed by atoms with van der Waals surface area (Å²) in [7, 11) is 0. The summed E-state index contributed by atoms with van der Waals surface area (Å²) in [6, 6.07) is 28.2. The van der Waals surface area contributed by atoms with Gasteiger partial charge in [0.05, 0.1) is 0 Å². The highest BCUT2D eigenvalue weighted by Crippen LogP contribution is 2.23. The van der Waals surface area contributed by atoms with Crippen LogP contribution in [0.1, 0.15) is 30.0 Å². The fourth-order valence-corrected chi connectivity index (χ4v) is 4.70. The largest absolute Gasteiger partial charge is 0.470 e. The van der Waals surface area contributed by atoms with Gasteiger partial charge in [-0.15, -0.1) is 0 Å². The van der Waals surface area contributed by atoms with Gasteiger partial charge in [0.25, 0.3) is 0 Å². The van der Waals surface area contributed by atoms with E-state index in [1.807, 2.05) is 77.7 Å². The van der Waals surface area contributed by atoms with E-state index in [0.29, 0.717) is 25.0 Å². The van der Waals surface area contributed by atoms with Crippen LogP contribution in [0.3, 0.4) is 0 Å². The number of carbonyl (C=O) groups is 2. The zero-order chi connectivity index (χ0) is 25.2. The van der Waals surface area contributed by atoms with Gasteiger partial charge in [-0.1, -0.05) is 78.9 Å². The Bertz CT molecular complexity index is 1120. The van der Waals surface area contributed by atoms with Crippen LogP contribution < -0.4 is 15.4 Å². The van der Waals surface area contributed by atoms with Crippen LogP contribution in [0.5, 0.6) is 5.75 Å². The van der Waals surface area contributed by atoms with E-state index in [0.717, 1.165) is 37.2 Å². The third-order valence-corrected chi connectivity index (χ3v) is 6.46. The summed E-state index contributed by atoms with van der Waals surface area (Å²) in [5, 5.41) is 6.34. The minimum atomic E-state index is -0.495. The maximum atomic E-state index is 13.3. The van der Waals surface area contributed by atoms with Gasteiger partial charge in [0.15, 0.2) is 6.23 Å². The van der Waals surface area contributed by atoms with Gasteiger partial charge in [-0.05, 0) is 35.6 Å². The molecule has 0 aromatic heterocycles. The van der Waals surface area contributed by atoms with E-state index in [1.165, 1.54) is 12.5 Å². The molecule has 1 fully saturated rings. The number of rotatable bonds is 10. The number of hydrogen-bond acceptors (Lipinski definition) is 4. The van der Waals surface area contributed by atoms with E-state index in [4.69, 9.17) is 4.74 Å². The first kappa shape index (κ1) is 25.5. The molecule has 1 saturated heterocycles. The van der Waals surface area contributed by atoms with Gasteiger partial charge in [-0.2, -0.15) is 0 Å². The lowest BCUT2D eigenvalue weighted by Gasteiger charge is -2.36. The summed E-state index contributed by atoms with van der Waals surface area (Å²) < 4.78 is 6.27. The maximum Gasteiger partial charge on any atom is 0.223 e. The molecule has 3 aromatic carbocycles. The van der Waals surface area contributed by atoms with Crippen LogP contribution >= 0.6 is 0 Å². The van der Waals surface area contributed by atoms with Crippen molar-refractivity contribution in [2.75, 3.05) is 19.6 Å². The van der Waals surface area contributed by atoms with Crippen LogP contribution in [-0.4, -0.2) is 48.6 Å². The number of benzene rings is 3. The lowest BCUT2D eigenvalue weighted by molar-refractivity contribution is -0.134. The van der Waals surface area contributed by atoms with Crippen molar-refractivity contribution in [3.63, 3.8) is 0 Å². The lowest BCUT2D eigenvalue weighted by atomic mass is 10.0. The van der Waals surface area contributed by atoms with Gasteiger partial charge in [0.2, 0.25) is 11.8 Å². The van der Waals surface area contributed by atoms with Crippen LogP contribution in [-0.2, 0) is 28.9 Å². The van der Waals surface area contributed by atoms with Crippen LogP contribution in [0, 0.1) is 0 Å². The number of carbonyl (C=O) groups excluding carboxylic acids is 2. The van der Waals surface area contributed by atoms with Crippen molar-refractivity contribution < 1.29 is 14.3 Å². The van der Waals surface area contributed by atoms with Crippen LogP contribution in [0.15, 0.2) is 84.9 Å². The quantitative estimate of drug-likeness (QED) is 0.429. The minimum absolute atomic E-state index is 0.147. The van der Waals surface area contributed by atoms with Gasteiger partial charge in [0.1, 0.15) is 5.75 Å². The zero-order valence-corrected chi connectivity index (χ0v) is 20.9. The molecule has 2 atom stereocenters. The topological polar surface area (TPSA) is 70.7 Å². The molecule has 0 spiro atoms. The molecule has 6 heteroatoms. The van der Waals surface area contributed by atoms with Gasteiger partial charge in [0, 0.05) is 45.4 Å². The molecule has 0 bridgehead atoms. The van der Waals surface area contributed by atoms with E-state index in [2.05, 4.69) is 22.8 Å². The number of piperazine rings is 1. The van der Waals surface area contributed by atoms with E-state index < -0.39 is 6.23 Å². The molecule has 0 saturated carbocycles. The lowest BCUT2D eigenvalue weighted by Crippen LogP contribution is -2.54. The second kappa shape index (κ2) is 12.9. The zero-order valence-electron chi connectivity index (χ0n) is 20.9. The van der Waals surface area contributed by atoms with Crippen molar-refractivity contribution in [3.8, 4) is 5.75 Å². The second-order valence-corrected chi connectivity index (χ2v) is 9.24. The Kier molecular flexibility index (Phi) is 9.11. The average molecular weight is 486 g/mol. The standard InChI is InChI=1S/C30H35N3O3/c1-23(34)32-29(21-25-12-6-3-7-13-25)36-28-15-9-8-14-26(28)16-17-30(35)33-19-18-31-22-27(33)20-24-10-4-2-5-11-24/h2-15,27,29,31H,16-22H2,1H3,(H,32,34). The highest BCUT2D eigenvalue weighted by atomic mass is 16.5. The van der Waals surface area contributed by atoms with E-state index >= 15 is 0 Å². The van der Waals surface area contributed by atoms with Crippen molar-refractivity contribution in [1.82, 2.24) is 15.5 Å². The maximum absolute atomic E-state index is 13.3. The second-order valence-electron chi connectivity index (χ2n) is 9.24. The molecule has 4 rings (SSSR count). The molecule has 6 nitrogen and oxygen atoms in total. The SMILES string of the molecule is CC(=O)NC(Cc1ccccc1)Oc1ccccc1CCC(=O)N1CCNCC1Cc1ccccc1. The Morgan fingerprint density at radius 2 is 1.64 bits per heavy atom. The van der Waals surface area contributed by atoms with Crippen LogP contribution in [0.25, 0.3) is 0 Å². The Labute approximate surface area is 213 Å². The first-order valence-corrected chi connectivity index (χ1v) is 12.7. The Morgan fingerprint density at radius 1 is 0.972 bits per heavy atom. The molecule has 1 aliphatic rings. The summed E-state index contributed by atoms with van der Waals surface area (Å²) in [6.45, 7) is 3.83. The summed E-state index contributed by atoms with van der Waals surface area (Å²) in [5.74, 6) is 0.711. The molecular formula is C30H35N3O3. The van der Waals surface area contributed by atoms with Crippen molar-refractivity contribution in [1.29, 1.82) is 0 Å². The highest BCUT2D eigenvalue weighted by molar-refractivity contribution is 5.77. The molecule has 188 valence electrons. The fraction of sp³-hybridized carbons (Fsp3) is 0.333. The molecule has 1 heterocycles. The average Bonchev–Trinajstić information content (AvgIpc) is 2.89. The van der Waals surface area contributed by atoms with Crippen LogP contribution in [0.2, 0.25) is 0 Å². The first-order valence-electron chi connectivity index (χ1n) is 12.7. The number of aryl methyl sites for hydroxylation is 1. The molecule has 0 aliphatic carbocycles. The fourth-order valence-electron chi connectivity index (χ4n) is 4.70. The van der Waals surface area contributed by atoms with Gasteiger partial charge in [-0.25, -0.2) is 0 Å². The Hall–Kier alpha value is -3.64.